The number of aryl methyl sites for hydroxylation is 1. The zero-order valence-electron chi connectivity index (χ0n) is 18.1. The predicted molar refractivity (Wildman–Crippen MR) is 141 cm³/mol. The summed E-state index contributed by atoms with van der Waals surface area (Å²) in [6.07, 6.45) is 1.81. The fraction of sp³-hybridized carbons (Fsp3) is 0.120. The highest BCUT2D eigenvalue weighted by atomic mass is 32.2. The summed E-state index contributed by atoms with van der Waals surface area (Å²) >= 11 is 9.09. The SMILES string of the molecule is Cc1ccsc1[C@H]1[C@H](c2ccccn2)NC(=S)N1c1ccc(Sc2ccc([N+](=O)[O-])cc2)cc1. The van der Waals surface area contributed by atoms with Crippen LogP contribution in [0.3, 0.4) is 0 Å². The van der Waals surface area contributed by atoms with Crippen LogP contribution in [0, 0.1) is 17.0 Å². The van der Waals surface area contributed by atoms with E-state index in [9.17, 15) is 10.1 Å². The molecule has 1 aliphatic heterocycles. The monoisotopic (exact) mass is 504 g/mol. The van der Waals surface area contributed by atoms with Crippen LogP contribution in [0.1, 0.15) is 28.2 Å². The molecule has 0 saturated carbocycles. The number of hydrogen-bond acceptors (Lipinski definition) is 6. The molecule has 5 rings (SSSR count). The Kier molecular flexibility index (Phi) is 6.32. The second kappa shape index (κ2) is 9.54. The standard InChI is InChI=1S/C25H20N4O2S3/c1-16-13-15-33-24(16)23-22(21-4-2-3-14-26-21)27-25(32)28(23)17-5-9-19(10-6-17)34-20-11-7-18(8-12-20)29(30)31/h2-15,22-23H,1H3,(H,27,32)/t22-,23+/m0/s1. The van der Waals surface area contributed by atoms with Gasteiger partial charge in [0, 0.05) is 38.7 Å². The molecule has 170 valence electrons. The molecule has 1 aliphatic rings. The first kappa shape index (κ1) is 22.5. The highest BCUT2D eigenvalue weighted by Crippen LogP contribution is 2.44. The van der Waals surface area contributed by atoms with Gasteiger partial charge in [-0.1, -0.05) is 17.8 Å². The smallest absolute Gasteiger partial charge is 0.269 e. The second-order valence-corrected chi connectivity index (χ2v) is 10.3. The molecule has 0 radical (unpaired) electrons. The maximum Gasteiger partial charge on any atom is 0.269 e. The number of thiocarbonyl (C=S) groups is 1. The molecule has 34 heavy (non-hydrogen) atoms. The number of benzene rings is 2. The van der Waals surface area contributed by atoms with Gasteiger partial charge in [-0.25, -0.2) is 0 Å². The number of anilines is 1. The summed E-state index contributed by atoms with van der Waals surface area (Å²) in [5, 5.41) is 17.2. The molecule has 3 heterocycles. The molecule has 4 aromatic rings. The van der Waals surface area contributed by atoms with Gasteiger partial charge in [0.1, 0.15) is 0 Å². The van der Waals surface area contributed by atoms with Crippen LogP contribution in [-0.4, -0.2) is 15.0 Å². The molecule has 1 N–H and O–H groups in total. The number of thiophene rings is 1. The molecule has 6 nitrogen and oxygen atoms in total. The Bertz CT molecular complexity index is 1320. The number of nitrogens with one attached hydrogen (secondary N) is 1. The Morgan fingerprint density at radius 2 is 1.76 bits per heavy atom. The average Bonchev–Trinajstić information content (AvgIpc) is 3.42. The summed E-state index contributed by atoms with van der Waals surface area (Å²) in [4.78, 5) is 20.5. The van der Waals surface area contributed by atoms with Gasteiger partial charge >= 0.3 is 0 Å². The number of non-ortho nitro benzene ring substituents is 1. The number of hydrogen-bond donors (Lipinski definition) is 1. The average molecular weight is 505 g/mol. The quantitative estimate of drug-likeness (QED) is 0.178. The Morgan fingerprint density at radius 3 is 2.35 bits per heavy atom. The number of aromatic nitrogens is 1. The molecule has 2 atom stereocenters. The lowest BCUT2D eigenvalue weighted by molar-refractivity contribution is -0.384. The lowest BCUT2D eigenvalue weighted by Crippen LogP contribution is -2.29. The van der Waals surface area contributed by atoms with Gasteiger partial charge in [-0.3, -0.25) is 15.1 Å². The van der Waals surface area contributed by atoms with Crippen LogP contribution in [0.25, 0.3) is 0 Å². The van der Waals surface area contributed by atoms with E-state index in [-0.39, 0.29) is 22.7 Å². The van der Waals surface area contributed by atoms with Crippen LogP contribution in [-0.2, 0) is 0 Å². The number of nitro benzene ring substituents is 1. The van der Waals surface area contributed by atoms with E-state index in [1.54, 1.807) is 35.2 Å². The van der Waals surface area contributed by atoms with Crippen LogP contribution >= 0.6 is 35.3 Å². The topological polar surface area (TPSA) is 71.3 Å². The van der Waals surface area contributed by atoms with Gasteiger partial charge < -0.3 is 10.2 Å². The van der Waals surface area contributed by atoms with Crippen molar-refractivity contribution in [2.24, 2.45) is 0 Å². The van der Waals surface area contributed by atoms with Gasteiger partial charge in [0.15, 0.2) is 5.11 Å². The van der Waals surface area contributed by atoms with Crippen LogP contribution in [0.4, 0.5) is 11.4 Å². The minimum atomic E-state index is -0.389. The molecule has 0 spiro atoms. The van der Waals surface area contributed by atoms with Gasteiger partial charge in [0.2, 0.25) is 0 Å². The van der Waals surface area contributed by atoms with Gasteiger partial charge in [0.25, 0.3) is 5.69 Å². The molecule has 0 bridgehead atoms. The number of nitro groups is 1. The number of nitrogens with zero attached hydrogens (tertiary/aromatic N) is 3. The zero-order chi connectivity index (χ0) is 23.7. The van der Waals surface area contributed by atoms with Crippen molar-refractivity contribution in [2.45, 2.75) is 28.8 Å². The van der Waals surface area contributed by atoms with Gasteiger partial charge in [0.05, 0.1) is 22.7 Å². The minimum Gasteiger partial charge on any atom is -0.351 e. The van der Waals surface area contributed by atoms with Gasteiger partial charge in [-0.15, -0.1) is 11.3 Å². The summed E-state index contributed by atoms with van der Waals surface area (Å²) < 4.78 is 0. The largest absolute Gasteiger partial charge is 0.351 e. The third kappa shape index (κ3) is 4.42. The normalized spacial score (nSPS) is 17.6. The van der Waals surface area contributed by atoms with E-state index in [0.29, 0.717) is 5.11 Å². The van der Waals surface area contributed by atoms with E-state index in [1.807, 2.05) is 24.4 Å². The van der Waals surface area contributed by atoms with Crippen LogP contribution in [0.5, 0.6) is 0 Å². The van der Waals surface area contributed by atoms with E-state index in [2.05, 4.69) is 57.8 Å². The fourth-order valence-corrected chi connectivity index (χ4v) is 6.25. The molecule has 2 aromatic heterocycles. The fourth-order valence-electron chi connectivity index (χ4n) is 4.03. The van der Waals surface area contributed by atoms with E-state index < -0.39 is 0 Å². The summed E-state index contributed by atoms with van der Waals surface area (Å²) in [6, 6.07) is 22.8. The van der Waals surface area contributed by atoms with E-state index in [4.69, 9.17) is 12.2 Å². The molecule has 1 saturated heterocycles. The summed E-state index contributed by atoms with van der Waals surface area (Å²) in [5.41, 5.74) is 3.28. The minimum absolute atomic E-state index is 0.00410. The third-order valence-electron chi connectivity index (χ3n) is 5.67. The molecule has 0 aliphatic carbocycles. The van der Waals surface area contributed by atoms with Crippen LogP contribution in [0.15, 0.2) is 94.2 Å². The van der Waals surface area contributed by atoms with Gasteiger partial charge in [-0.05, 0) is 84.7 Å². The molecular formula is C25H20N4O2S3. The van der Waals surface area contributed by atoms with Crippen molar-refractivity contribution >= 4 is 51.8 Å². The molecule has 0 unspecified atom stereocenters. The van der Waals surface area contributed by atoms with Crippen LogP contribution in [0.2, 0.25) is 0 Å². The summed E-state index contributed by atoms with van der Waals surface area (Å²) in [6.45, 7) is 2.13. The van der Waals surface area contributed by atoms with Crippen molar-refractivity contribution in [3.05, 3.63) is 111 Å². The van der Waals surface area contributed by atoms with Crippen molar-refractivity contribution in [3.8, 4) is 0 Å². The van der Waals surface area contributed by atoms with Crippen molar-refractivity contribution in [3.63, 3.8) is 0 Å². The van der Waals surface area contributed by atoms with Crippen LogP contribution < -0.4 is 10.2 Å². The Labute approximate surface area is 210 Å². The summed E-state index contributed by atoms with van der Waals surface area (Å²) in [5.74, 6) is 0. The van der Waals surface area contributed by atoms with Crippen molar-refractivity contribution in [1.29, 1.82) is 0 Å². The lowest BCUT2D eigenvalue weighted by Gasteiger charge is -2.27. The first-order chi connectivity index (χ1) is 16.5. The molecular weight excluding hydrogens is 485 g/mol. The van der Waals surface area contributed by atoms with E-state index in [0.717, 1.165) is 21.2 Å². The second-order valence-electron chi connectivity index (χ2n) is 7.81. The van der Waals surface area contributed by atoms with Crippen molar-refractivity contribution < 1.29 is 4.92 Å². The van der Waals surface area contributed by atoms with Crippen molar-refractivity contribution in [2.75, 3.05) is 4.90 Å². The maximum absolute atomic E-state index is 10.9. The van der Waals surface area contributed by atoms with Crippen molar-refractivity contribution in [1.82, 2.24) is 10.3 Å². The lowest BCUT2D eigenvalue weighted by atomic mass is 10.0. The number of pyridine rings is 1. The number of rotatable bonds is 6. The van der Waals surface area contributed by atoms with E-state index in [1.165, 1.54) is 22.6 Å². The molecule has 0 amide bonds. The first-order valence-electron chi connectivity index (χ1n) is 10.6. The highest BCUT2D eigenvalue weighted by molar-refractivity contribution is 7.99. The predicted octanol–water partition coefficient (Wildman–Crippen LogP) is 6.69. The highest BCUT2D eigenvalue weighted by Gasteiger charge is 2.41. The zero-order valence-corrected chi connectivity index (χ0v) is 20.6. The van der Waals surface area contributed by atoms with E-state index >= 15 is 0 Å². The van der Waals surface area contributed by atoms with Gasteiger partial charge in [-0.2, -0.15) is 0 Å². The Balaban J connectivity index is 1.44. The third-order valence-corrected chi connectivity index (χ3v) is 8.09. The summed E-state index contributed by atoms with van der Waals surface area (Å²) in [7, 11) is 0. The first-order valence-corrected chi connectivity index (χ1v) is 12.7. The molecule has 2 aromatic carbocycles. The molecule has 1 fully saturated rings. The Hall–Kier alpha value is -3.27. The maximum atomic E-state index is 10.9. The Morgan fingerprint density at radius 1 is 1.06 bits per heavy atom. The molecule has 9 heteroatoms.